The van der Waals surface area contributed by atoms with Crippen molar-refractivity contribution in [3.05, 3.63) is 48.4 Å². The number of carbonyl (C=O) groups is 2. The number of likely N-dealkylation sites (tertiary alicyclic amines) is 1. The number of nitrogen functional groups attached to an aromatic ring is 1. The second-order valence-corrected chi connectivity index (χ2v) is 5.74. The van der Waals surface area contributed by atoms with E-state index in [4.69, 9.17) is 5.73 Å². The Bertz CT molecular complexity index is 735. The topological polar surface area (TPSA) is 101 Å². The molecule has 7 nitrogen and oxygen atoms in total. The van der Waals surface area contributed by atoms with Gasteiger partial charge < -0.3 is 16.0 Å². The summed E-state index contributed by atoms with van der Waals surface area (Å²) in [6.45, 7) is 0.942. The number of hydrogen-bond acceptors (Lipinski definition) is 5. The number of nitrogens with one attached hydrogen (secondary N) is 1. The molecule has 124 valence electrons. The van der Waals surface area contributed by atoms with Crippen LogP contribution in [0.2, 0.25) is 0 Å². The molecule has 2 amide bonds. The minimum absolute atomic E-state index is 0.0779. The molecule has 3 rings (SSSR count). The van der Waals surface area contributed by atoms with Crippen molar-refractivity contribution in [1.82, 2.24) is 14.9 Å². The highest BCUT2D eigenvalue weighted by atomic mass is 16.2. The highest BCUT2D eigenvalue weighted by Gasteiger charge is 2.30. The number of anilines is 2. The molecule has 1 aromatic heterocycles. The Morgan fingerprint density at radius 2 is 1.92 bits per heavy atom. The third-order valence-electron chi connectivity index (χ3n) is 4.05. The predicted molar refractivity (Wildman–Crippen MR) is 90.1 cm³/mol. The molecule has 3 N–H and O–H groups in total. The first-order chi connectivity index (χ1) is 11.6. The maximum atomic E-state index is 12.6. The molecule has 0 saturated carbocycles. The summed E-state index contributed by atoms with van der Waals surface area (Å²) in [4.78, 5) is 34.5. The molecule has 1 aromatic carbocycles. The summed E-state index contributed by atoms with van der Waals surface area (Å²) in [5.74, 6) is -0.497. The quantitative estimate of drug-likeness (QED) is 0.891. The van der Waals surface area contributed by atoms with Gasteiger partial charge in [0.15, 0.2) is 11.5 Å². The Hall–Kier alpha value is -2.96. The van der Waals surface area contributed by atoms with Gasteiger partial charge in [0, 0.05) is 31.2 Å². The number of piperidine rings is 1. The lowest BCUT2D eigenvalue weighted by Crippen LogP contribution is -2.44. The molecule has 24 heavy (non-hydrogen) atoms. The van der Waals surface area contributed by atoms with Crippen LogP contribution in [0.15, 0.2) is 42.7 Å². The molecule has 1 fully saturated rings. The number of para-hydroxylation sites is 1. The van der Waals surface area contributed by atoms with Gasteiger partial charge in [-0.1, -0.05) is 18.2 Å². The van der Waals surface area contributed by atoms with E-state index >= 15 is 0 Å². The number of nitrogens with two attached hydrogens (primary N) is 1. The van der Waals surface area contributed by atoms with Crippen molar-refractivity contribution < 1.29 is 9.59 Å². The molecule has 0 radical (unpaired) electrons. The molecule has 0 aliphatic carbocycles. The van der Waals surface area contributed by atoms with Crippen molar-refractivity contribution >= 4 is 23.3 Å². The van der Waals surface area contributed by atoms with Crippen LogP contribution in [0.1, 0.15) is 23.3 Å². The Kier molecular flexibility index (Phi) is 4.69. The summed E-state index contributed by atoms with van der Waals surface area (Å²) in [7, 11) is 0. The van der Waals surface area contributed by atoms with Gasteiger partial charge in [-0.05, 0) is 25.0 Å². The molecule has 2 heterocycles. The Morgan fingerprint density at radius 3 is 2.67 bits per heavy atom. The van der Waals surface area contributed by atoms with Crippen molar-refractivity contribution in [1.29, 1.82) is 0 Å². The molecule has 1 saturated heterocycles. The van der Waals surface area contributed by atoms with Crippen LogP contribution < -0.4 is 11.1 Å². The average Bonchev–Trinajstić information content (AvgIpc) is 2.62. The molecule has 0 bridgehead atoms. The number of rotatable bonds is 3. The molecule has 0 spiro atoms. The summed E-state index contributed by atoms with van der Waals surface area (Å²) in [5, 5.41) is 2.89. The first-order valence-electron chi connectivity index (χ1n) is 7.87. The Morgan fingerprint density at radius 1 is 1.17 bits per heavy atom. The van der Waals surface area contributed by atoms with Crippen LogP contribution in [0, 0.1) is 5.92 Å². The molecule has 2 aromatic rings. The molecule has 1 atom stereocenters. The van der Waals surface area contributed by atoms with Gasteiger partial charge in [-0.25, -0.2) is 9.97 Å². The van der Waals surface area contributed by atoms with E-state index in [1.807, 2.05) is 30.3 Å². The van der Waals surface area contributed by atoms with E-state index in [9.17, 15) is 9.59 Å². The van der Waals surface area contributed by atoms with Gasteiger partial charge in [0.2, 0.25) is 5.91 Å². The molecule has 7 heteroatoms. The fourth-order valence-corrected chi connectivity index (χ4v) is 2.80. The number of amides is 2. The van der Waals surface area contributed by atoms with Crippen LogP contribution >= 0.6 is 0 Å². The summed E-state index contributed by atoms with van der Waals surface area (Å²) in [6, 6.07) is 9.29. The van der Waals surface area contributed by atoms with Crippen LogP contribution in [0.4, 0.5) is 11.5 Å². The van der Waals surface area contributed by atoms with Gasteiger partial charge in [-0.2, -0.15) is 0 Å². The SMILES string of the molecule is Nc1nccnc1C(=O)N1CCCC(C(=O)Nc2ccccc2)C1. The van der Waals surface area contributed by atoms with Gasteiger partial charge in [0.05, 0.1) is 5.92 Å². The smallest absolute Gasteiger partial charge is 0.276 e. The highest BCUT2D eigenvalue weighted by Crippen LogP contribution is 2.21. The lowest BCUT2D eigenvalue weighted by molar-refractivity contribution is -0.121. The third kappa shape index (κ3) is 3.51. The van der Waals surface area contributed by atoms with Gasteiger partial charge >= 0.3 is 0 Å². The van der Waals surface area contributed by atoms with E-state index in [1.165, 1.54) is 12.4 Å². The second-order valence-electron chi connectivity index (χ2n) is 5.74. The zero-order chi connectivity index (χ0) is 16.9. The zero-order valence-electron chi connectivity index (χ0n) is 13.2. The largest absolute Gasteiger partial charge is 0.382 e. The minimum Gasteiger partial charge on any atom is -0.382 e. The summed E-state index contributed by atoms with van der Waals surface area (Å²) < 4.78 is 0. The number of hydrogen-bond donors (Lipinski definition) is 2. The maximum absolute atomic E-state index is 12.6. The first kappa shape index (κ1) is 15.9. The van der Waals surface area contributed by atoms with Crippen LogP contribution in [0.5, 0.6) is 0 Å². The van der Waals surface area contributed by atoms with E-state index in [1.54, 1.807) is 4.90 Å². The molecular formula is C17H19N5O2. The predicted octanol–water partition coefficient (Wildman–Crippen LogP) is 1.55. The third-order valence-corrected chi connectivity index (χ3v) is 4.05. The minimum atomic E-state index is -0.280. The second kappa shape index (κ2) is 7.08. The Labute approximate surface area is 139 Å². The van der Waals surface area contributed by atoms with Crippen molar-refractivity contribution in [3.8, 4) is 0 Å². The van der Waals surface area contributed by atoms with Crippen LogP contribution in [-0.4, -0.2) is 39.8 Å². The molecule has 1 unspecified atom stereocenters. The lowest BCUT2D eigenvalue weighted by atomic mass is 9.96. The first-order valence-corrected chi connectivity index (χ1v) is 7.87. The van der Waals surface area contributed by atoms with Crippen molar-refractivity contribution in [2.75, 3.05) is 24.1 Å². The van der Waals surface area contributed by atoms with Gasteiger partial charge in [-0.3, -0.25) is 9.59 Å². The maximum Gasteiger partial charge on any atom is 0.276 e. The van der Waals surface area contributed by atoms with E-state index in [0.29, 0.717) is 13.1 Å². The van der Waals surface area contributed by atoms with Gasteiger partial charge in [0.25, 0.3) is 5.91 Å². The fourth-order valence-electron chi connectivity index (χ4n) is 2.80. The van der Waals surface area contributed by atoms with Crippen LogP contribution in [0.25, 0.3) is 0 Å². The number of nitrogens with zero attached hydrogens (tertiary/aromatic N) is 3. The average molecular weight is 325 g/mol. The standard InChI is InChI=1S/C17H19N5O2/c18-15-14(19-8-9-20-15)17(24)22-10-4-5-12(11-22)16(23)21-13-6-2-1-3-7-13/h1-3,6-9,12H,4-5,10-11H2,(H2,18,20)(H,21,23). The van der Waals surface area contributed by atoms with Crippen molar-refractivity contribution in [2.24, 2.45) is 5.92 Å². The van der Waals surface area contributed by atoms with Gasteiger partial charge in [-0.15, -0.1) is 0 Å². The molecular weight excluding hydrogens is 306 g/mol. The van der Waals surface area contributed by atoms with E-state index in [0.717, 1.165) is 18.5 Å². The normalized spacial score (nSPS) is 17.3. The van der Waals surface area contributed by atoms with E-state index in [2.05, 4.69) is 15.3 Å². The summed E-state index contributed by atoms with van der Waals surface area (Å²) in [6.07, 6.45) is 4.39. The van der Waals surface area contributed by atoms with E-state index in [-0.39, 0.29) is 29.2 Å². The van der Waals surface area contributed by atoms with Crippen molar-refractivity contribution in [3.63, 3.8) is 0 Å². The molecule has 1 aliphatic rings. The zero-order valence-corrected chi connectivity index (χ0v) is 13.2. The summed E-state index contributed by atoms with van der Waals surface area (Å²) >= 11 is 0. The lowest BCUT2D eigenvalue weighted by Gasteiger charge is -2.31. The van der Waals surface area contributed by atoms with Crippen LogP contribution in [0.3, 0.4) is 0 Å². The van der Waals surface area contributed by atoms with Crippen LogP contribution in [-0.2, 0) is 4.79 Å². The number of benzene rings is 1. The molecule has 1 aliphatic heterocycles. The highest BCUT2D eigenvalue weighted by molar-refractivity contribution is 5.97. The van der Waals surface area contributed by atoms with Gasteiger partial charge in [0.1, 0.15) is 0 Å². The monoisotopic (exact) mass is 325 g/mol. The van der Waals surface area contributed by atoms with E-state index < -0.39 is 0 Å². The van der Waals surface area contributed by atoms with Crippen molar-refractivity contribution in [2.45, 2.75) is 12.8 Å². The summed E-state index contributed by atoms with van der Waals surface area (Å²) in [5.41, 5.74) is 6.62. The number of aromatic nitrogens is 2. The number of carbonyl (C=O) groups excluding carboxylic acids is 2. The Balaban J connectivity index is 1.67. The fraction of sp³-hybridized carbons (Fsp3) is 0.294.